The number of aromatic nitrogens is 2. The molecule has 0 saturated carbocycles. The number of aromatic amines is 1. The Morgan fingerprint density at radius 1 is 1.25 bits per heavy atom. The van der Waals surface area contributed by atoms with Gasteiger partial charge in [0.15, 0.2) is 0 Å². The molecular weight excluding hydrogens is 352 g/mol. The van der Waals surface area contributed by atoms with Crippen LogP contribution in [0.15, 0.2) is 41.3 Å². The van der Waals surface area contributed by atoms with E-state index < -0.39 is 11.6 Å². The van der Waals surface area contributed by atoms with Crippen molar-refractivity contribution < 1.29 is 4.79 Å². The van der Waals surface area contributed by atoms with E-state index in [1.807, 2.05) is 12.1 Å². The summed E-state index contributed by atoms with van der Waals surface area (Å²) in [6.07, 6.45) is 5.06. The van der Waals surface area contributed by atoms with Gasteiger partial charge in [0, 0.05) is 41.8 Å². The van der Waals surface area contributed by atoms with Crippen LogP contribution in [0.1, 0.15) is 38.7 Å². The number of amides is 1. The van der Waals surface area contributed by atoms with Gasteiger partial charge in [0.2, 0.25) is 0 Å². The molecule has 1 aliphatic heterocycles. The van der Waals surface area contributed by atoms with E-state index in [1.54, 1.807) is 6.07 Å². The van der Waals surface area contributed by atoms with Crippen LogP contribution in [0.3, 0.4) is 0 Å². The summed E-state index contributed by atoms with van der Waals surface area (Å²) in [5.74, 6) is 0. The molecule has 2 atom stereocenters. The molecule has 1 saturated heterocycles. The van der Waals surface area contributed by atoms with Crippen molar-refractivity contribution in [1.29, 1.82) is 0 Å². The lowest BCUT2D eigenvalue weighted by Gasteiger charge is -2.39. The number of pyridine rings is 1. The van der Waals surface area contributed by atoms with E-state index in [0.717, 1.165) is 22.0 Å². The van der Waals surface area contributed by atoms with Crippen molar-refractivity contribution in [1.82, 2.24) is 14.5 Å². The number of likely N-dealkylation sites (tertiary alicyclic amines) is 1. The number of rotatable bonds is 3. The zero-order chi connectivity index (χ0) is 19.8. The minimum absolute atomic E-state index is 0.373. The van der Waals surface area contributed by atoms with Crippen LogP contribution >= 0.6 is 0 Å². The molecule has 2 aromatic heterocycles. The first kappa shape index (κ1) is 18.5. The van der Waals surface area contributed by atoms with Crippen molar-refractivity contribution in [2.24, 2.45) is 5.73 Å². The monoisotopic (exact) mass is 377 g/mol. The van der Waals surface area contributed by atoms with Crippen molar-refractivity contribution in [3.63, 3.8) is 0 Å². The number of piperidine rings is 1. The zero-order valence-electron chi connectivity index (χ0n) is 16.2. The summed E-state index contributed by atoms with van der Waals surface area (Å²) in [5, 5.41) is 1.04. The Morgan fingerprint density at radius 3 is 2.71 bits per heavy atom. The number of primary amides is 1. The van der Waals surface area contributed by atoms with Gasteiger partial charge in [-0.1, -0.05) is 12.5 Å². The van der Waals surface area contributed by atoms with Gasteiger partial charge in [0.25, 0.3) is 5.56 Å². The quantitative estimate of drug-likeness (QED) is 0.733. The standard InChI is InChI=1S/C22H25N4O2/c1-14-5-3-6-15(2)26(14)13-16-8-9-19-17(11-16)12-20(24-19)18-7-4-10-25(21(18)27)22(23)28/h7-12,14-15,24H,3,5-6,13H2,1-2H3,(H2,23,28). The highest BCUT2D eigenvalue weighted by molar-refractivity contribution is 5.86. The first-order chi connectivity index (χ1) is 13.4. The number of nitrogens with two attached hydrogens (primary N) is 1. The Bertz CT molecular complexity index is 1070. The lowest BCUT2D eigenvalue weighted by Crippen LogP contribution is -2.42. The molecule has 6 nitrogen and oxygen atoms in total. The van der Waals surface area contributed by atoms with E-state index in [9.17, 15) is 9.59 Å². The number of benzene rings is 1. The molecule has 6 heteroatoms. The summed E-state index contributed by atoms with van der Waals surface area (Å²) in [7, 11) is 0. The van der Waals surface area contributed by atoms with Gasteiger partial charge >= 0.3 is 6.03 Å². The van der Waals surface area contributed by atoms with Crippen molar-refractivity contribution >= 4 is 16.9 Å². The van der Waals surface area contributed by atoms with E-state index in [1.165, 1.54) is 31.0 Å². The molecule has 1 aliphatic rings. The number of hydrogen-bond donors (Lipinski definition) is 2. The van der Waals surface area contributed by atoms with Crippen molar-refractivity contribution in [2.75, 3.05) is 0 Å². The molecule has 0 bridgehead atoms. The van der Waals surface area contributed by atoms with Crippen molar-refractivity contribution in [3.05, 3.63) is 58.5 Å². The maximum atomic E-state index is 12.5. The van der Waals surface area contributed by atoms with Crippen LogP contribution in [-0.2, 0) is 6.54 Å². The first-order valence-corrected chi connectivity index (χ1v) is 9.74. The normalized spacial score (nSPS) is 20.5. The number of carbonyl (C=O) groups excluding carboxylic acids is 1. The van der Waals surface area contributed by atoms with Gasteiger partial charge in [-0.3, -0.25) is 9.69 Å². The molecule has 1 radical (unpaired) electrons. The van der Waals surface area contributed by atoms with Gasteiger partial charge in [-0.2, -0.15) is 0 Å². The number of nitrogens with zero attached hydrogens (tertiary/aromatic N) is 2. The molecule has 28 heavy (non-hydrogen) atoms. The maximum absolute atomic E-state index is 12.5. The molecule has 0 aliphatic carbocycles. The predicted molar refractivity (Wildman–Crippen MR) is 110 cm³/mol. The summed E-state index contributed by atoms with van der Waals surface area (Å²) < 4.78 is 0.866. The number of hydrogen-bond acceptors (Lipinski definition) is 3. The maximum Gasteiger partial charge on any atom is 0.325 e. The van der Waals surface area contributed by atoms with Crippen LogP contribution < -0.4 is 11.3 Å². The van der Waals surface area contributed by atoms with Crippen LogP contribution in [0, 0.1) is 6.07 Å². The minimum atomic E-state index is -0.814. The predicted octanol–water partition coefficient (Wildman–Crippen LogP) is 3.49. The third kappa shape index (κ3) is 3.36. The summed E-state index contributed by atoms with van der Waals surface area (Å²) >= 11 is 0. The van der Waals surface area contributed by atoms with Crippen LogP contribution in [-0.4, -0.2) is 32.6 Å². The molecule has 2 unspecified atom stereocenters. The SMILES string of the molecule is CC1CCCC(C)N1Cc1ccc2[nH]c(-c3c[c]cn(C(N)=O)c3=O)cc2c1. The molecular formula is C22H25N4O2. The van der Waals surface area contributed by atoms with E-state index in [-0.39, 0.29) is 0 Å². The molecule has 1 amide bonds. The first-order valence-electron chi connectivity index (χ1n) is 9.74. The Balaban J connectivity index is 1.67. The van der Waals surface area contributed by atoms with E-state index in [4.69, 9.17) is 5.73 Å². The van der Waals surface area contributed by atoms with Gasteiger partial charge in [-0.25, -0.2) is 9.36 Å². The van der Waals surface area contributed by atoms with Crippen LogP contribution in [0.4, 0.5) is 4.79 Å². The molecule has 1 fully saturated rings. The summed E-state index contributed by atoms with van der Waals surface area (Å²) in [5.41, 5.74) is 8.04. The molecule has 1 aromatic carbocycles. The number of nitrogens with one attached hydrogen (secondary N) is 1. The topological polar surface area (TPSA) is 84.1 Å². The number of carbonyl (C=O) groups is 1. The number of fused-ring (bicyclic) bond motifs is 1. The largest absolute Gasteiger partial charge is 0.354 e. The van der Waals surface area contributed by atoms with Crippen LogP contribution in [0.25, 0.3) is 22.2 Å². The Labute approximate surface area is 164 Å². The molecule has 4 rings (SSSR count). The van der Waals surface area contributed by atoms with Gasteiger partial charge < -0.3 is 10.7 Å². The Hall–Kier alpha value is -2.86. The van der Waals surface area contributed by atoms with Gasteiger partial charge in [0.05, 0.1) is 11.3 Å². The van der Waals surface area contributed by atoms with E-state index in [0.29, 0.717) is 23.3 Å². The zero-order valence-corrected chi connectivity index (χ0v) is 16.2. The molecule has 3 N–H and O–H groups in total. The lowest BCUT2D eigenvalue weighted by molar-refractivity contribution is 0.0953. The molecule has 3 heterocycles. The van der Waals surface area contributed by atoms with Crippen molar-refractivity contribution in [3.8, 4) is 11.3 Å². The van der Waals surface area contributed by atoms with E-state index >= 15 is 0 Å². The second-order valence-electron chi connectivity index (χ2n) is 7.77. The third-order valence-corrected chi connectivity index (χ3v) is 5.83. The second-order valence-corrected chi connectivity index (χ2v) is 7.77. The highest BCUT2D eigenvalue weighted by Gasteiger charge is 2.24. The Morgan fingerprint density at radius 2 is 2.00 bits per heavy atom. The molecule has 145 valence electrons. The van der Waals surface area contributed by atoms with Gasteiger partial charge in [-0.15, -0.1) is 0 Å². The Kier molecular flexibility index (Phi) is 4.81. The fourth-order valence-corrected chi connectivity index (χ4v) is 4.22. The minimum Gasteiger partial charge on any atom is -0.354 e. The molecule has 3 aromatic rings. The van der Waals surface area contributed by atoms with Crippen molar-refractivity contribution in [2.45, 2.75) is 51.7 Å². The van der Waals surface area contributed by atoms with Gasteiger partial charge in [-0.05, 0) is 56.5 Å². The molecule has 0 spiro atoms. The fraction of sp³-hybridized carbons (Fsp3) is 0.364. The van der Waals surface area contributed by atoms with Gasteiger partial charge in [0.1, 0.15) is 0 Å². The third-order valence-electron chi connectivity index (χ3n) is 5.83. The number of H-pyrrole nitrogens is 1. The smallest absolute Gasteiger partial charge is 0.325 e. The summed E-state index contributed by atoms with van der Waals surface area (Å²) in [4.78, 5) is 29.8. The van der Waals surface area contributed by atoms with E-state index in [2.05, 4.69) is 41.9 Å². The highest BCUT2D eigenvalue weighted by Crippen LogP contribution is 2.27. The lowest BCUT2D eigenvalue weighted by atomic mass is 9.96. The fourth-order valence-electron chi connectivity index (χ4n) is 4.22. The van der Waals surface area contributed by atoms with Crippen LogP contribution in [0.5, 0.6) is 0 Å². The second kappa shape index (κ2) is 7.28. The average molecular weight is 377 g/mol. The summed E-state index contributed by atoms with van der Waals surface area (Å²) in [6, 6.07) is 13.0. The summed E-state index contributed by atoms with van der Waals surface area (Å²) in [6.45, 7) is 5.53. The highest BCUT2D eigenvalue weighted by atomic mass is 16.2. The average Bonchev–Trinajstić information content (AvgIpc) is 3.08. The van der Waals surface area contributed by atoms with Crippen LogP contribution in [0.2, 0.25) is 0 Å².